The fraction of sp³-hybridized carbons (Fsp3) is 0.611. The normalized spacial score (nSPS) is 25.8. The van der Waals surface area contributed by atoms with Crippen LogP contribution in [-0.2, 0) is 20.9 Å². The molecule has 1 aromatic rings. The summed E-state index contributed by atoms with van der Waals surface area (Å²) >= 11 is 0. The highest BCUT2D eigenvalue weighted by Gasteiger charge is 2.39. The monoisotopic (exact) mass is 290 g/mol. The molecule has 0 N–H and O–H groups in total. The van der Waals surface area contributed by atoms with E-state index in [1.807, 2.05) is 37.3 Å². The molecule has 0 atom stereocenters. The van der Waals surface area contributed by atoms with Gasteiger partial charge >= 0.3 is 5.97 Å². The number of ether oxygens (including phenoxy) is 2. The highest BCUT2D eigenvalue weighted by Crippen LogP contribution is 2.38. The first-order valence-electron chi connectivity index (χ1n) is 7.86. The predicted octanol–water partition coefficient (Wildman–Crippen LogP) is 4.10. The maximum Gasteiger partial charge on any atom is 0.312 e. The van der Waals surface area contributed by atoms with Crippen LogP contribution in [0.4, 0.5) is 0 Å². The molecule has 0 aromatic heterocycles. The zero-order valence-corrected chi connectivity index (χ0v) is 13.3. The van der Waals surface area contributed by atoms with E-state index in [9.17, 15) is 4.79 Å². The van der Waals surface area contributed by atoms with Crippen molar-refractivity contribution in [1.29, 1.82) is 0 Å². The smallest absolute Gasteiger partial charge is 0.312 e. The van der Waals surface area contributed by atoms with Gasteiger partial charge in [-0.15, -0.1) is 0 Å². The lowest BCUT2D eigenvalue weighted by atomic mass is 9.74. The van der Waals surface area contributed by atoms with Crippen molar-refractivity contribution >= 4 is 5.97 Å². The molecular formula is C18H26O3. The summed E-state index contributed by atoms with van der Waals surface area (Å²) in [6.07, 6.45) is 4.12. The zero-order chi connectivity index (χ0) is 15.3. The van der Waals surface area contributed by atoms with E-state index in [0.717, 1.165) is 31.2 Å². The summed E-state index contributed by atoms with van der Waals surface area (Å²) in [5.74, 6) is -0.0747. The van der Waals surface area contributed by atoms with Crippen molar-refractivity contribution in [2.45, 2.75) is 65.3 Å². The molecule has 3 nitrogen and oxygen atoms in total. The Morgan fingerprint density at radius 1 is 1.24 bits per heavy atom. The second-order valence-corrected chi connectivity index (χ2v) is 6.51. The number of esters is 1. The highest BCUT2D eigenvalue weighted by atomic mass is 16.5. The number of hydrogen-bond acceptors (Lipinski definition) is 3. The lowest BCUT2D eigenvalue weighted by Gasteiger charge is -2.35. The maximum absolute atomic E-state index is 12.4. The molecule has 0 bridgehead atoms. The van der Waals surface area contributed by atoms with Gasteiger partial charge in [0.1, 0.15) is 6.61 Å². The van der Waals surface area contributed by atoms with Gasteiger partial charge in [-0.2, -0.15) is 0 Å². The van der Waals surface area contributed by atoms with Crippen molar-refractivity contribution < 1.29 is 14.3 Å². The van der Waals surface area contributed by atoms with Gasteiger partial charge in [0.2, 0.25) is 0 Å². The molecule has 1 aromatic carbocycles. The Morgan fingerprint density at radius 2 is 1.86 bits per heavy atom. The van der Waals surface area contributed by atoms with Crippen molar-refractivity contribution in [3.63, 3.8) is 0 Å². The fourth-order valence-electron chi connectivity index (χ4n) is 2.85. The Labute approximate surface area is 127 Å². The van der Waals surface area contributed by atoms with Crippen molar-refractivity contribution in [2.75, 3.05) is 0 Å². The second-order valence-electron chi connectivity index (χ2n) is 6.51. The first-order valence-corrected chi connectivity index (χ1v) is 7.86. The summed E-state index contributed by atoms with van der Waals surface area (Å²) in [7, 11) is 0. The third-order valence-electron chi connectivity index (χ3n) is 4.21. The van der Waals surface area contributed by atoms with Crippen LogP contribution in [-0.4, -0.2) is 18.2 Å². The Hall–Kier alpha value is -1.35. The number of rotatable bonds is 5. The molecule has 1 aliphatic carbocycles. The van der Waals surface area contributed by atoms with Gasteiger partial charge in [-0.05, 0) is 52.0 Å². The van der Waals surface area contributed by atoms with Crippen molar-refractivity contribution in [3.8, 4) is 0 Å². The Kier molecular flexibility index (Phi) is 5.40. The lowest BCUT2D eigenvalue weighted by molar-refractivity contribution is -0.160. The predicted molar refractivity (Wildman–Crippen MR) is 82.8 cm³/mol. The Morgan fingerprint density at radius 3 is 2.43 bits per heavy atom. The van der Waals surface area contributed by atoms with E-state index >= 15 is 0 Å². The minimum absolute atomic E-state index is 0.0747. The average Bonchev–Trinajstić information content (AvgIpc) is 2.48. The Bertz CT molecular complexity index is 445. The van der Waals surface area contributed by atoms with Gasteiger partial charge in [0, 0.05) is 0 Å². The van der Waals surface area contributed by atoms with E-state index < -0.39 is 0 Å². The molecule has 0 radical (unpaired) electrons. The van der Waals surface area contributed by atoms with Gasteiger partial charge in [-0.25, -0.2) is 0 Å². The van der Waals surface area contributed by atoms with Crippen LogP contribution in [0.1, 0.15) is 52.0 Å². The quantitative estimate of drug-likeness (QED) is 0.766. The third-order valence-corrected chi connectivity index (χ3v) is 4.21. The third kappa shape index (κ3) is 4.57. The van der Waals surface area contributed by atoms with Crippen LogP contribution in [0, 0.1) is 5.41 Å². The van der Waals surface area contributed by atoms with Gasteiger partial charge in [0.05, 0.1) is 17.6 Å². The van der Waals surface area contributed by atoms with E-state index in [4.69, 9.17) is 9.47 Å². The molecule has 21 heavy (non-hydrogen) atoms. The summed E-state index contributed by atoms with van der Waals surface area (Å²) in [5.41, 5.74) is 0.678. The number of hydrogen-bond donors (Lipinski definition) is 0. The number of carbonyl (C=O) groups is 1. The van der Waals surface area contributed by atoms with Crippen molar-refractivity contribution in [2.24, 2.45) is 5.41 Å². The molecule has 0 saturated heterocycles. The molecule has 0 amide bonds. The summed E-state index contributed by atoms with van der Waals surface area (Å²) in [6, 6.07) is 9.83. The molecule has 0 aliphatic heterocycles. The summed E-state index contributed by atoms with van der Waals surface area (Å²) < 4.78 is 11.3. The molecule has 1 fully saturated rings. The van der Waals surface area contributed by atoms with Crippen LogP contribution in [0.25, 0.3) is 0 Å². The molecule has 2 rings (SSSR count). The van der Waals surface area contributed by atoms with Crippen LogP contribution in [0.5, 0.6) is 0 Å². The van der Waals surface area contributed by atoms with Gasteiger partial charge < -0.3 is 9.47 Å². The van der Waals surface area contributed by atoms with Crippen molar-refractivity contribution in [3.05, 3.63) is 35.9 Å². The average molecular weight is 290 g/mol. The van der Waals surface area contributed by atoms with Crippen molar-refractivity contribution in [1.82, 2.24) is 0 Å². The largest absolute Gasteiger partial charge is 0.460 e. The second kappa shape index (κ2) is 7.08. The maximum atomic E-state index is 12.4. The lowest BCUT2D eigenvalue weighted by Crippen LogP contribution is -2.37. The molecule has 116 valence electrons. The number of benzene rings is 1. The Balaban J connectivity index is 1.82. The standard InChI is InChI=1S/C18H26O3/c1-14(2)21-16-9-11-18(3,12-10-16)17(19)20-13-15-7-5-4-6-8-15/h4-8,14,16H,9-13H2,1-3H3. The number of carbonyl (C=O) groups excluding carboxylic acids is 1. The minimum Gasteiger partial charge on any atom is -0.460 e. The molecule has 0 unspecified atom stereocenters. The van der Waals surface area contributed by atoms with Crippen LogP contribution in [0.15, 0.2) is 30.3 Å². The van der Waals surface area contributed by atoms with E-state index in [0.29, 0.717) is 12.7 Å². The minimum atomic E-state index is -0.356. The van der Waals surface area contributed by atoms with Gasteiger partial charge in [0.15, 0.2) is 0 Å². The molecule has 1 saturated carbocycles. The van der Waals surface area contributed by atoms with E-state index in [2.05, 4.69) is 13.8 Å². The van der Waals surface area contributed by atoms with Gasteiger partial charge in [0.25, 0.3) is 0 Å². The molecular weight excluding hydrogens is 264 g/mol. The van der Waals surface area contributed by atoms with Crippen LogP contribution >= 0.6 is 0 Å². The van der Waals surface area contributed by atoms with Crippen LogP contribution in [0.3, 0.4) is 0 Å². The fourth-order valence-corrected chi connectivity index (χ4v) is 2.85. The topological polar surface area (TPSA) is 35.5 Å². The van der Waals surface area contributed by atoms with E-state index in [-0.39, 0.29) is 17.5 Å². The molecule has 0 spiro atoms. The van der Waals surface area contributed by atoms with Gasteiger partial charge in [-0.1, -0.05) is 30.3 Å². The van der Waals surface area contributed by atoms with Crippen LogP contribution < -0.4 is 0 Å². The highest BCUT2D eigenvalue weighted by molar-refractivity contribution is 5.76. The van der Waals surface area contributed by atoms with E-state index in [1.165, 1.54) is 0 Å². The van der Waals surface area contributed by atoms with Crippen LogP contribution in [0.2, 0.25) is 0 Å². The first kappa shape index (κ1) is 16.0. The SMILES string of the molecule is CC(C)OC1CCC(C)(C(=O)OCc2ccccc2)CC1. The first-order chi connectivity index (χ1) is 9.99. The van der Waals surface area contributed by atoms with Gasteiger partial charge in [-0.3, -0.25) is 4.79 Å². The molecule has 3 heteroatoms. The summed E-state index contributed by atoms with van der Waals surface area (Å²) in [5, 5.41) is 0. The van der Waals surface area contributed by atoms with E-state index in [1.54, 1.807) is 0 Å². The zero-order valence-electron chi connectivity index (χ0n) is 13.3. The molecule has 1 aliphatic rings. The summed E-state index contributed by atoms with van der Waals surface area (Å²) in [4.78, 5) is 12.4. The summed E-state index contributed by atoms with van der Waals surface area (Å²) in [6.45, 7) is 6.50. The molecule has 0 heterocycles.